The zero-order chi connectivity index (χ0) is 15.5. The summed E-state index contributed by atoms with van der Waals surface area (Å²) in [5, 5.41) is 9.37. The van der Waals surface area contributed by atoms with E-state index in [0.29, 0.717) is 18.7 Å². The van der Waals surface area contributed by atoms with Crippen molar-refractivity contribution in [2.45, 2.75) is 32.7 Å². The molecule has 1 rings (SSSR count). The normalized spacial score (nSPS) is 14.3. The monoisotopic (exact) mass is 321 g/mol. The molecule has 0 aromatic heterocycles. The number of halogens is 3. The Morgan fingerprint density at radius 3 is 2.30 bits per heavy atom. The highest BCUT2D eigenvalue weighted by molar-refractivity contribution is 6.35. The third-order valence-corrected chi connectivity index (χ3v) is 4.15. The summed E-state index contributed by atoms with van der Waals surface area (Å²) in [6.07, 6.45) is -0.171. The number of carbonyl (C=O) groups is 1. The molecule has 0 aliphatic rings. The molecule has 0 radical (unpaired) electrons. The van der Waals surface area contributed by atoms with E-state index in [-0.39, 0.29) is 16.5 Å². The number of rotatable bonds is 6. The molecule has 0 amide bonds. The highest BCUT2D eigenvalue weighted by atomic mass is 35.5. The Morgan fingerprint density at radius 2 is 1.85 bits per heavy atom. The quantitative estimate of drug-likeness (QED) is 0.799. The Kier molecular flexibility index (Phi) is 5.80. The van der Waals surface area contributed by atoms with Gasteiger partial charge in [-0.15, -0.1) is 0 Å². The topological polar surface area (TPSA) is 40.5 Å². The summed E-state index contributed by atoms with van der Waals surface area (Å²) in [7, 11) is 0. The largest absolute Gasteiger partial charge is 0.481 e. The SMILES string of the molecule is CCN(CC)C(C)(CC(=O)O)c1cc(F)c(Cl)cc1Cl. The van der Waals surface area contributed by atoms with E-state index in [2.05, 4.69) is 0 Å². The summed E-state index contributed by atoms with van der Waals surface area (Å²) in [5.74, 6) is -1.57. The maximum atomic E-state index is 13.7. The summed E-state index contributed by atoms with van der Waals surface area (Å²) in [4.78, 5) is 13.1. The molecule has 1 unspecified atom stereocenters. The molecule has 1 aromatic carbocycles. The molecule has 1 N–H and O–H groups in total. The van der Waals surface area contributed by atoms with Gasteiger partial charge in [-0.25, -0.2) is 4.39 Å². The molecule has 6 heteroatoms. The Morgan fingerprint density at radius 1 is 1.30 bits per heavy atom. The maximum absolute atomic E-state index is 13.7. The summed E-state index contributed by atoms with van der Waals surface area (Å²) in [6.45, 7) is 6.85. The summed E-state index contributed by atoms with van der Waals surface area (Å²) in [6, 6.07) is 2.54. The molecule has 112 valence electrons. The van der Waals surface area contributed by atoms with Gasteiger partial charge in [0.2, 0.25) is 0 Å². The fraction of sp³-hybridized carbons (Fsp3) is 0.500. The van der Waals surface area contributed by atoms with Gasteiger partial charge in [-0.2, -0.15) is 0 Å². The van der Waals surface area contributed by atoms with Crippen LogP contribution in [-0.2, 0) is 10.3 Å². The molecule has 0 fully saturated rings. The van der Waals surface area contributed by atoms with Crippen LogP contribution in [0.3, 0.4) is 0 Å². The minimum absolute atomic E-state index is 0.0732. The van der Waals surface area contributed by atoms with E-state index in [0.717, 1.165) is 0 Å². The van der Waals surface area contributed by atoms with Crippen molar-refractivity contribution in [2.24, 2.45) is 0 Å². The first-order valence-corrected chi connectivity index (χ1v) is 7.13. The summed E-state index contributed by atoms with van der Waals surface area (Å²) >= 11 is 11.9. The Hall–Kier alpha value is -0.840. The van der Waals surface area contributed by atoms with Crippen LogP contribution in [-0.4, -0.2) is 29.1 Å². The number of benzene rings is 1. The predicted octanol–water partition coefficient (Wildman–Crippen LogP) is 4.16. The lowest BCUT2D eigenvalue weighted by molar-refractivity contribution is -0.140. The molecule has 1 atom stereocenters. The fourth-order valence-corrected chi connectivity index (χ4v) is 3.12. The molecular formula is C14H18Cl2FNO2. The van der Waals surface area contributed by atoms with Crippen molar-refractivity contribution < 1.29 is 14.3 Å². The van der Waals surface area contributed by atoms with Crippen molar-refractivity contribution >= 4 is 29.2 Å². The van der Waals surface area contributed by atoms with Crippen LogP contribution in [0.5, 0.6) is 0 Å². The van der Waals surface area contributed by atoms with E-state index in [1.165, 1.54) is 12.1 Å². The lowest BCUT2D eigenvalue weighted by Gasteiger charge is -2.40. The van der Waals surface area contributed by atoms with Crippen molar-refractivity contribution in [3.8, 4) is 0 Å². The highest BCUT2D eigenvalue weighted by Gasteiger charge is 2.36. The van der Waals surface area contributed by atoms with Gasteiger partial charge in [-0.1, -0.05) is 37.0 Å². The van der Waals surface area contributed by atoms with Crippen LogP contribution in [0.15, 0.2) is 12.1 Å². The van der Waals surface area contributed by atoms with E-state index >= 15 is 0 Å². The van der Waals surface area contributed by atoms with Gasteiger partial charge in [0.15, 0.2) is 0 Å². The van der Waals surface area contributed by atoms with Crippen molar-refractivity contribution in [3.63, 3.8) is 0 Å². The van der Waals surface area contributed by atoms with Gasteiger partial charge in [-0.3, -0.25) is 9.69 Å². The average Bonchev–Trinajstić information content (AvgIpc) is 2.34. The van der Waals surface area contributed by atoms with Gasteiger partial charge < -0.3 is 5.11 Å². The zero-order valence-electron chi connectivity index (χ0n) is 11.7. The predicted molar refractivity (Wildman–Crippen MR) is 78.9 cm³/mol. The second-order valence-electron chi connectivity index (χ2n) is 4.76. The molecule has 3 nitrogen and oxygen atoms in total. The Labute approximate surface area is 128 Å². The Bertz CT molecular complexity index is 506. The number of aliphatic carboxylic acids is 1. The van der Waals surface area contributed by atoms with Gasteiger partial charge >= 0.3 is 5.97 Å². The van der Waals surface area contributed by atoms with Crippen molar-refractivity contribution in [1.82, 2.24) is 4.90 Å². The van der Waals surface area contributed by atoms with Gasteiger partial charge in [0, 0.05) is 5.02 Å². The van der Waals surface area contributed by atoms with E-state index < -0.39 is 17.3 Å². The van der Waals surface area contributed by atoms with Crippen LogP contribution in [0.25, 0.3) is 0 Å². The average molecular weight is 322 g/mol. The molecule has 0 saturated heterocycles. The van der Waals surface area contributed by atoms with Crippen molar-refractivity contribution in [3.05, 3.63) is 33.6 Å². The van der Waals surface area contributed by atoms with Crippen LogP contribution in [0.4, 0.5) is 4.39 Å². The summed E-state index contributed by atoms with van der Waals surface area (Å²) < 4.78 is 13.7. The zero-order valence-corrected chi connectivity index (χ0v) is 13.2. The molecule has 0 spiro atoms. The molecule has 0 aliphatic carbocycles. The number of nitrogens with zero attached hydrogens (tertiary/aromatic N) is 1. The smallest absolute Gasteiger partial charge is 0.305 e. The van der Waals surface area contributed by atoms with E-state index in [4.69, 9.17) is 23.2 Å². The summed E-state index contributed by atoms with van der Waals surface area (Å²) in [5.41, 5.74) is -0.454. The standard InChI is InChI=1S/C14H18Cl2FNO2/c1-4-18(5-2)14(3,8-13(19)20)9-6-12(17)11(16)7-10(9)15/h6-7H,4-5,8H2,1-3H3,(H,19,20). The van der Waals surface area contributed by atoms with Crippen LogP contribution in [0.2, 0.25) is 10.0 Å². The second kappa shape index (κ2) is 6.74. The van der Waals surface area contributed by atoms with Crippen molar-refractivity contribution in [1.29, 1.82) is 0 Å². The molecular weight excluding hydrogens is 304 g/mol. The van der Waals surface area contributed by atoms with Crippen LogP contribution < -0.4 is 0 Å². The molecule has 1 aromatic rings. The molecule has 20 heavy (non-hydrogen) atoms. The first-order valence-electron chi connectivity index (χ1n) is 6.38. The fourth-order valence-electron chi connectivity index (χ4n) is 2.53. The first-order chi connectivity index (χ1) is 9.26. The number of hydrogen-bond acceptors (Lipinski definition) is 2. The maximum Gasteiger partial charge on any atom is 0.305 e. The third kappa shape index (κ3) is 3.43. The minimum Gasteiger partial charge on any atom is -0.481 e. The Balaban J connectivity index is 3.44. The molecule has 0 heterocycles. The molecule has 0 bridgehead atoms. The van der Waals surface area contributed by atoms with Crippen LogP contribution in [0, 0.1) is 5.82 Å². The second-order valence-corrected chi connectivity index (χ2v) is 5.58. The van der Waals surface area contributed by atoms with Gasteiger partial charge in [0.1, 0.15) is 5.82 Å². The lowest BCUT2D eigenvalue weighted by atomic mass is 9.86. The van der Waals surface area contributed by atoms with E-state index in [1.807, 2.05) is 18.7 Å². The highest BCUT2D eigenvalue weighted by Crippen LogP contribution is 2.38. The minimum atomic E-state index is -0.967. The number of carboxylic acid groups (broad SMARTS) is 1. The van der Waals surface area contributed by atoms with E-state index in [1.54, 1.807) is 6.92 Å². The van der Waals surface area contributed by atoms with Crippen molar-refractivity contribution in [2.75, 3.05) is 13.1 Å². The molecule has 0 saturated carbocycles. The number of carboxylic acids is 1. The van der Waals surface area contributed by atoms with Gasteiger partial charge in [-0.05, 0) is 37.7 Å². The lowest BCUT2D eigenvalue weighted by Crippen LogP contribution is -2.45. The number of hydrogen-bond donors (Lipinski definition) is 1. The van der Waals surface area contributed by atoms with Gasteiger partial charge in [0.05, 0.1) is 17.0 Å². The van der Waals surface area contributed by atoms with Crippen LogP contribution in [0.1, 0.15) is 32.8 Å². The third-order valence-electron chi connectivity index (χ3n) is 3.55. The first kappa shape index (κ1) is 17.2. The van der Waals surface area contributed by atoms with E-state index in [9.17, 15) is 14.3 Å². The molecule has 0 aliphatic heterocycles. The van der Waals surface area contributed by atoms with Gasteiger partial charge in [0.25, 0.3) is 0 Å². The van der Waals surface area contributed by atoms with Crippen LogP contribution >= 0.6 is 23.2 Å².